The molecule has 0 rings (SSSR count). The third-order valence-electron chi connectivity index (χ3n) is 3.65. The van der Waals surface area contributed by atoms with Gasteiger partial charge in [0.25, 0.3) is 0 Å². The summed E-state index contributed by atoms with van der Waals surface area (Å²) in [6.45, 7) is 2.25. The third kappa shape index (κ3) is 22.9. The van der Waals surface area contributed by atoms with Crippen molar-refractivity contribution in [3.63, 3.8) is 0 Å². The van der Waals surface area contributed by atoms with Crippen LogP contribution in [0.25, 0.3) is 0 Å². The number of hydrogen-bond donors (Lipinski definition) is 1. The van der Waals surface area contributed by atoms with Crippen molar-refractivity contribution in [2.75, 3.05) is 0 Å². The number of unbranched alkanes of at least 4 members (excludes halogenated alkanes) is 11. The molecule has 0 fully saturated rings. The first-order valence-electron chi connectivity index (χ1n) is 8.64. The van der Waals surface area contributed by atoms with Gasteiger partial charge >= 0.3 is 43.7 Å². The molecule has 0 aromatic heterocycles. The maximum absolute atomic E-state index is 10.3. The number of rotatable bonds is 15. The summed E-state index contributed by atoms with van der Waals surface area (Å²) in [7, 11) is 0. The van der Waals surface area contributed by atoms with Crippen LogP contribution in [0.1, 0.15) is 99.7 Å². The Morgan fingerprint density at radius 3 is 1.71 bits per heavy atom. The second-order valence-corrected chi connectivity index (χ2v) is 5.73. The molecule has 0 aliphatic heterocycles. The smallest absolute Gasteiger partial charge is 1.00 e. The summed E-state index contributed by atoms with van der Waals surface area (Å²) in [5.41, 5.74) is 0. The molecule has 122 valence electrons. The van der Waals surface area contributed by atoms with E-state index < -0.39 is 5.97 Å². The van der Waals surface area contributed by atoms with Crippen molar-refractivity contribution in [2.45, 2.75) is 96.8 Å². The minimum Gasteiger partial charge on any atom is -1.00 e. The molecule has 0 aliphatic rings. The molecule has 2 nitrogen and oxygen atoms in total. The van der Waals surface area contributed by atoms with Crippen LogP contribution in [0, 0.1) is 0 Å². The zero-order valence-electron chi connectivity index (χ0n) is 16.1. The molecule has 0 aromatic rings. The molecule has 0 aromatic carbocycles. The van der Waals surface area contributed by atoms with Gasteiger partial charge in [-0.15, -0.1) is 0 Å². The van der Waals surface area contributed by atoms with Crippen LogP contribution >= 0.6 is 0 Å². The zero-order chi connectivity index (χ0) is 14.9. The molecule has 21 heavy (non-hydrogen) atoms. The number of hydrogen-bond acceptors (Lipinski definition) is 1. The van der Waals surface area contributed by atoms with Gasteiger partial charge in [0.05, 0.1) is 0 Å². The van der Waals surface area contributed by atoms with E-state index in [0.29, 0.717) is 6.42 Å². The van der Waals surface area contributed by atoms with Gasteiger partial charge in [0.1, 0.15) is 0 Å². The van der Waals surface area contributed by atoms with E-state index in [1.54, 1.807) is 0 Å². The van der Waals surface area contributed by atoms with Crippen LogP contribution in [0.15, 0.2) is 12.2 Å². The van der Waals surface area contributed by atoms with Crippen LogP contribution in [0.5, 0.6) is 0 Å². The van der Waals surface area contributed by atoms with Crippen LogP contribution in [-0.4, -0.2) is 48.8 Å². The van der Waals surface area contributed by atoms with Gasteiger partial charge in [-0.05, 0) is 32.1 Å². The molecule has 1 N–H and O–H groups in total. The van der Waals surface area contributed by atoms with Crippen molar-refractivity contribution in [1.29, 1.82) is 0 Å². The number of allylic oxidation sites excluding steroid dienone is 2. The van der Waals surface area contributed by atoms with E-state index in [2.05, 4.69) is 19.1 Å². The Hall–Kier alpha value is 0.470. The van der Waals surface area contributed by atoms with Crippen molar-refractivity contribution < 1.29 is 12.8 Å². The third-order valence-corrected chi connectivity index (χ3v) is 3.65. The van der Waals surface area contributed by atoms with Crippen LogP contribution in [-0.2, 0) is 4.79 Å². The van der Waals surface area contributed by atoms with E-state index in [0.717, 1.165) is 12.8 Å². The topological polar surface area (TPSA) is 37.3 Å². The second kappa shape index (κ2) is 20.5. The second-order valence-electron chi connectivity index (χ2n) is 5.73. The van der Waals surface area contributed by atoms with Crippen molar-refractivity contribution >= 4 is 43.7 Å². The summed E-state index contributed by atoms with van der Waals surface area (Å²) in [6, 6.07) is 0. The summed E-state index contributed by atoms with van der Waals surface area (Å²) < 4.78 is 0. The molecule has 0 saturated heterocycles. The van der Waals surface area contributed by atoms with Crippen LogP contribution in [0.2, 0.25) is 0 Å². The minimum atomic E-state index is -0.661. The van der Waals surface area contributed by atoms with E-state index >= 15 is 0 Å². The van der Waals surface area contributed by atoms with E-state index in [-0.39, 0.29) is 40.6 Å². The van der Waals surface area contributed by atoms with Crippen molar-refractivity contribution in [1.82, 2.24) is 0 Å². The first-order valence-corrected chi connectivity index (χ1v) is 8.64. The molecule has 3 heteroatoms. The van der Waals surface area contributed by atoms with Gasteiger partial charge in [-0.1, -0.05) is 70.4 Å². The fraction of sp³-hybridized carbons (Fsp3) is 0.833. The minimum absolute atomic E-state index is 0. The summed E-state index contributed by atoms with van der Waals surface area (Å²) in [6.07, 6.45) is 21.2. The zero-order valence-corrected chi connectivity index (χ0v) is 16.3. The van der Waals surface area contributed by atoms with Crippen molar-refractivity contribution in [3.05, 3.63) is 12.2 Å². The van der Waals surface area contributed by atoms with Gasteiger partial charge in [0.15, 0.2) is 0 Å². The van der Waals surface area contributed by atoms with Gasteiger partial charge in [0, 0.05) is 6.42 Å². The fourth-order valence-corrected chi connectivity index (χ4v) is 2.35. The Morgan fingerprint density at radius 1 is 0.810 bits per heavy atom. The van der Waals surface area contributed by atoms with E-state index in [1.807, 2.05) is 0 Å². The molecule has 0 amide bonds. The van der Waals surface area contributed by atoms with Crippen LogP contribution in [0.3, 0.4) is 0 Å². The van der Waals surface area contributed by atoms with E-state index in [9.17, 15) is 4.79 Å². The Balaban J connectivity index is -0.000000602. The maximum Gasteiger partial charge on any atom is 2.00 e. The predicted octanol–water partition coefficient (Wildman–Crippen LogP) is 5.95. The largest absolute Gasteiger partial charge is 2.00 e. The molecule has 0 heterocycles. The van der Waals surface area contributed by atoms with Crippen molar-refractivity contribution in [3.8, 4) is 0 Å². The summed E-state index contributed by atoms with van der Waals surface area (Å²) >= 11 is 0. The van der Waals surface area contributed by atoms with Crippen molar-refractivity contribution in [2.24, 2.45) is 0 Å². The molecule has 0 atom stereocenters. The molecule has 0 radical (unpaired) electrons. The maximum atomic E-state index is 10.3. The average Bonchev–Trinajstić information content (AvgIpc) is 2.43. The Labute approximate surface area is 164 Å². The molecule has 0 saturated carbocycles. The normalized spacial score (nSPS) is 10.7. The van der Waals surface area contributed by atoms with E-state index in [1.165, 1.54) is 70.6 Å². The number of carboxylic acid groups (broad SMARTS) is 1. The Morgan fingerprint density at radius 2 is 1.24 bits per heavy atom. The summed E-state index contributed by atoms with van der Waals surface area (Å²) in [4.78, 5) is 10.3. The fourth-order valence-electron chi connectivity index (χ4n) is 2.35. The average molecular weight is 325 g/mol. The molecule has 0 bridgehead atoms. The quantitative estimate of drug-likeness (QED) is 0.229. The van der Waals surface area contributed by atoms with E-state index in [4.69, 9.17) is 5.11 Å². The van der Waals surface area contributed by atoms with Gasteiger partial charge < -0.3 is 7.96 Å². The van der Waals surface area contributed by atoms with Gasteiger partial charge in [-0.2, -0.15) is 0 Å². The van der Waals surface area contributed by atoms with Gasteiger partial charge in [0.2, 0.25) is 0 Å². The summed E-state index contributed by atoms with van der Waals surface area (Å²) in [5, 5.41) is 8.51. The number of carbonyl (C=O) groups is 1. The molecular weight excluding hydrogens is 288 g/mol. The first kappa shape index (κ1) is 23.7. The Bertz CT molecular complexity index is 249. The Kier molecular flexibility index (Phi) is 23.1. The molecule has 0 spiro atoms. The van der Waals surface area contributed by atoms with Crippen LogP contribution < -0.4 is 0 Å². The standard InChI is InChI=1S/C18H34O2.Ca.2H/c1-2-3-4-5-6-7-8-9-10-11-12-13-14-15-16-17-18(19)20;;;/h7-8H,2-6,9-17H2,1H3,(H,19,20);;;/q;+2;2*-1. The number of carboxylic acids is 1. The number of aliphatic carboxylic acids is 1. The monoisotopic (exact) mass is 324 g/mol. The molecule has 0 unspecified atom stereocenters. The molecular formula is C18H36CaO2. The first-order chi connectivity index (χ1) is 9.77. The SMILES string of the molecule is CCCCCCC=CCCCCCCCCCC(=O)O.[Ca+2].[H-].[H-]. The summed E-state index contributed by atoms with van der Waals surface area (Å²) in [5.74, 6) is -0.661. The molecule has 0 aliphatic carbocycles. The van der Waals surface area contributed by atoms with Crippen LogP contribution in [0.4, 0.5) is 0 Å². The predicted molar refractivity (Wildman–Crippen MR) is 95.1 cm³/mol. The van der Waals surface area contributed by atoms with Gasteiger partial charge in [-0.3, -0.25) is 4.79 Å². The van der Waals surface area contributed by atoms with Gasteiger partial charge in [-0.25, -0.2) is 0 Å².